The predicted molar refractivity (Wildman–Crippen MR) is 95.6 cm³/mol. The minimum atomic E-state index is -0.266. The Bertz CT molecular complexity index is 676. The summed E-state index contributed by atoms with van der Waals surface area (Å²) in [5.41, 5.74) is 1.66. The van der Waals surface area contributed by atoms with E-state index in [0.29, 0.717) is 6.04 Å². The van der Waals surface area contributed by atoms with Gasteiger partial charge in [-0.25, -0.2) is 9.67 Å². The fourth-order valence-corrected chi connectivity index (χ4v) is 3.26. The zero-order chi connectivity index (χ0) is 17.8. The molecule has 1 fully saturated rings. The van der Waals surface area contributed by atoms with Crippen LogP contribution in [0.5, 0.6) is 0 Å². The van der Waals surface area contributed by atoms with Crippen molar-refractivity contribution in [3.63, 3.8) is 0 Å². The van der Waals surface area contributed by atoms with Gasteiger partial charge in [-0.15, -0.1) is 0 Å². The summed E-state index contributed by atoms with van der Waals surface area (Å²) in [4.78, 5) is 16.4. The van der Waals surface area contributed by atoms with Crippen molar-refractivity contribution in [2.24, 2.45) is 0 Å². The highest BCUT2D eigenvalue weighted by Crippen LogP contribution is 2.19. The molecule has 7 heteroatoms. The normalized spacial score (nSPS) is 24.7. The Hall–Kier alpha value is -2.25. The summed E-state index contributed by atoms with van der Waals surface area (Å²) in [5.74, 6) is -0.0414. The molecular formula is C18H25N5O2. The quantitative estimate of drug-likeness (QED) is 0.869. The first-order valence-corrected chi connectivity index (χ1v) is 8.68. The van der Waals surface area contributed by atoms with Gasteiger partial charge >= 0.3 is 0 Å². The van der Waals surface area contributed by atoms with Crippen molar-refractivity contribution in [3.8, 4) is 5.69 Å². The van der Waals surface area contributed by atoms with Gasteiger partial charge in [0.2, 0.25) is 5.91 Å². The van der Waals surface area contributed by atoms with Crippen molar-refractivity contribution in [2.45, 2.75) is 57.9 Å². The Kier molecular flexibility index (Phi) is 5.45. The van der Waals surface area contributed by atoms with E-state index in [1.165, 1.54) is 6.33 Å². The highest BCUT2D eigenvalue weighted by molar-refractivity contribution is 5.94. The highest BCUT2D eigenvalue weighted by Gasteiger charge is 2.26. The van der Waals surface area contributed by atoms with Crippen LogP contribution in [0.15, 0.2) is 36.9 Å². The molecule has 0 unspecified atom stereocenters. The molecule has 0 aliphatic carbocycles. The van der Waals surface area contributed by atoms with Crippen LogP contribution in [-0.4, -0.2) is 45.0 Å². The maximum atomic E-state index is 12.4. The van der Waals surface area contributed by atoms with Crippen molar-refractivity contribution in [3.05, 3.63) is 36.9 Å². The maximum Gasteiger partial charge on any atom is 0.241 e. The summed E-state index contributed by atoms with van der Waals surface area (Å²) in [6.45, 7) is 6.04. The van der Waals surface area contributed by atoms with Crippen molar-refractivity contribution < 1.29 is 9.53 Å². The minimum Gasteiger partial charge on any atom is -0.375 e. The average Bonchev–Trinajstić information content (AvgIpc) is 3.09. The topological polar surface area (TPSA) is 81.1 Å². The van der Waals surface area contributed by atoms with E-state index in [9.17, 15) is 4.79 Å². The number of aromatic nitrogens is 3. The van der Waals surface area contributed by atoms with Crippen LogP contribution in [0.2, 0.25) is 0 Å². The van der Waals surface area contributed by atoms with E-state index >= 15 is 0 Å². The fourth-order valence-electron chi connectivity index (χ4n) is 3.26. The highest BCUT2D eigenvalue weighted by atomic mass is 16.5. The standard InChI is InChI=1S/C18H25N5O2/c1-12-8-16(9-13(2)25-12)21-14(3)18(24)22-15-4-6-17(7-5-15)23-11-19-10-20-23/h4-7,10-14,16,21H,8-9H2,1-3H3,(H,22,24)/t12-,13-,14-/m1/s1. The van der Waals surface area contributed by atoms with E-state index in [-0.39, 0.29) is 24.2 Å². The van der Waals surface area contributed by atoms with Crippen molar-refractivity contribution in [1.29, 1.82) is 0 Å². The number of anilines is 1. The van der Waals surface area contributed by atoms with Gasteiger partial charge in [0.25, 0.3) is 0 Å². The molecule has 3 rings (SSSR count). The first kappa shape index (κ1) is 17.6. The fraction of sp³-hybridized carbons (Fsp3) is 0.500. The van der Waals surface area contributed by atoms with Crippen molar-refractivity contribution in [1.82, 2.24) is 20.1 Å². The molecule has 2 heterocycles. The third-order valence-electron chi connectivity index (χ3n) is 4.39. The molecule has 2 aromatic rings. The van der Waals surface area contributed by atoms with Gasteiger partial charge in [0.15, 0.2) is 0 Å². The van der Waals surface area contributed by atoms with Crippen LogP contribution in [-0.2, 0) is 9.53 Å². The largest absolute Gasteiger partial charge is 0.375 e. The zero-order valence-corrected chi connectivity index (χ0v) is 14.8. The maximum absolute atomic E-state index is 12.4. The van der Waals surface area contributed by atoms with E-state index in [2.05, 4.69) is 34.6 Å². The summed E-state index contributed by atoms with van der Waals surface area (Å²) >= 11 is 0. The van der Waals surface area contributed by atoms with Crippen LogP contribution in [0.3, 0.4) is 0 Å². The second-order valence-electron chi connectivity index (χ2n) is 6.69. The van der Waals surface area contributed by atoms with Gasteiger partial charge in [-0.2, -0.15) is 5.10 Å². The molecule has 0 radical (unpaired) electrons. The van der Waals surface area contributed by atoms with Crippen LogP contribution in [0.1, 0.15) is 33.6 Å². The molecule has 134 valence electrons. The van der Waals surface area contributed by atoms with E-state index in [0.717, 1.165) is 24.2 Å². The number of carbonyl (C=O) groups is 1. The number of hydrogen-bond acceptors (Lipinski definition) is 5. The molecule has 0 spiro atoms. The molecule has 1 aromatic heterocycles. The van der Waals surface area contributed by atoms with E-state index < -0.39 is 0 Å². The van der Waals surface area contributed by atoms with Gasteiger partial charge < -0.3 is 15.4 Å². The SMILES string of the molecule is C[C@@H]1CC(N[C@H](C)C(=O)Nc2ccc(-n3cncn3)cc2)C[C@@H](C)O1. The molecular weight excluding hydrogens is 318 g/mol. The van der Waals surface area contributed by atoms with Gasteiger partial charge in [0, 0.05) is 11.7 Å². The molecule has 2 N–H and O–H groups in total. The Morgan fingerprint density at radius 3 is 2.52 bits per heavy atom. The lowest BCUT2D eigenvalue weighted by Crippen LogP contribution is -2.48. The van der Waals surface area contributed by atoms with E-state index in [4.69, 9.17) is 4.74 Å². The summed E-state index contributed by atoms with van der Waals surface area (Å²) in [6, 6.07) is 7.54. The van der Waals surface area contributed by atoms with Gasteiger partial charge in [-0.3, -0.25) is 4.79 Å². The second-order valence-corrected chi connectivity index (χ2v) is 6.69. The molecule has 1 aromatic carbocycles. The van der Waals surface area contributed by atoms with Crippen LogP contribution in [0.4, 0.5) is 5.69 Å². The summed E-state index contributed by atoms with van der Waals surface area (Å²) in [5, 5.41) is 10.4. The number of nitrogens with one attached hydrogen (secondary N) is 2. The molecule has 3 atom stereocenters. The van der Waals surface area contributed by atoms with Crippen molar-refractivity contribution >= 4 is 11.6 Å². The van der Waals surface area contributed by atoms with Gasteiger partial charge in [0.05, 0.1) is 23.9 Å². The van der Waals surface area contributed by atoms with Crippen molar-refractivity contribution in [2.75, 3.05) is 5.32 Å². The minimum absolute atomic E-state index is 0.0414. The van der Waals surface area contributed by atoms with Crippen LogP contribution in [0.25, 0.3) is 5.69 Å². The third kappa shape index (κ3) is 4.64. The summed E-state index contributed by atoms with van der Waals surface area (Å²) in [6.07, 6.45) is 5.42. The second kappa shape index (κ2) is 7.76. The number of ether oxygens (including phenoxy) is 1. The lowest BCUT2D eigenvalue weighted by atomic mass is 9.99. The molecule has 25 heavy (non-hydrogen) atoms. The third-order valence-corrected chi connectivity index (χ3v) is 4.39. The molecule has 0 saturated carbocycles. The number of hydrogen-bond donors (Lipinski definition) is 2. The average molecular weight is 343 g/mol. The predicted octanol–water partition coefficient (Wildman–Crippen LogP) is 2.14. The van der Waals surface area contributed by atoms with Gasteiger partial charge in [-0.1, -0.05) is 0 Å². The molecule has 1 saturated heterocycles. The number of amides is 1. The first-order chi connectivity index (χ1) is 12.0. The Labute approximate surface area is 147 Å². The summed E-state index contributed by atoms with van der Waals surface area (Å²) < 4.78 is 7.41. The lowest BCUT2D eigenvalue weighted by molar-refractivity contribution is -0.118. The monoisotopic (exact) mass is 343 g/mol. The van der Waals surface area contributed by atoms with E-state index in [1.807, 2.05) is 31.2 Å². The number of carbonyl (C=O) groups excluding carboxylic acids is 1. The van der Waals surface area contributed by atoms with Crippen LogP contribution < -0.4 is 10.6 Å². The molecule has 1 aliphatic rings. The zero-order valence-electron chi connectivity index (χ0n) is 14.8. The number of nitrogens with zero attached hydrogens (tertiary/aromatic N) is 3. The Morgan fingerprint density at radius 1 is 1.24 bits per heavy atom. The van der Waals surface area contributed by atoms with Crippen LogP contribution in [0, 0.1) is 0 Å². The molecule has 1 amide bonds. The number of benzene rings is 1. The van der Waals surface area contributed by atoms with Crippen LogP contribution >= 0.6 is 0 Å². The first-order valence-electron chi connectivity index (χ1n) is 8.68. The van der Waals surface area contributed by atoms with Gasteiger partial charge in [0.1, 0.15) is 12.7 Å². The molecule has 0 bridgehead atoms. The lowest BCUT2D eigenvalue weighted by Gasteiger charge is -2.34. The Morgan fingerprint density at radius 2 is 1.92 bits per heavy atom. The van der Waals surface area contributed by atoms with E-state index in [1.54, 1.807) is 11.0 Å². The Balaban J connectivity index is 1.54. The number of rotatable bonds is 5. The molecule has 7 nitrogen and oxygen atoms in total. The summed E-state index contributed by atoms with van der Waals surface area (Å²) in [7, 11) is 0. The smallest absolute Gasteiger partial charge is 0.241 e. The molecule has 1 aliphatic heterocycles. The van der Waals surface area contributed by atoms with Gasteiger partial charge in [-0.05, 0) is 57.9 Å².